The first-order valence-electron chi connectivity index (χ1n) is 20.1. The van der Waals surface area contributed by atoms with Gasteiger partial charge in [0.25, 0.3) is 5.91 Å². The van der Waals surface area contributed by atoms with E-state index in [9.17, 15) is 19.5 Å². The van der Waals surface area contributed by atoms with Crippen LogP contribution in [-0.2, 0) is 37.3 Å². The molecule has 2 aromatic carbocycles. The third-order valence-corrected chi connectivity index (χ3v) is 10.2. The number of carboxylic acids is 1. The third-order valence-electron chi connectivity index (χ3n) is 10.2. The Hall–Kier alpha value is -6.06. The van der Waals surface area contributed by atoms with Crippen LogP contribution in [-0.4, -0.2) is 79.0 Å². The number of aromatic carboxylic acids is 1. The number of aromatic nitrogens is 6. The highest BCUT2D eigenvalue weighted by atomic mass is 16.6. The number of amides is 2. The van der Waals surface area contributed by atoms with Gasteiger partial charge in [0, 0.05) is 45.3 Å². The summed E-state index contributed by atoms with van der Waals surface area (Å²) < 4.78 is 16.0. The lowest BCUT2D eigenvalue weighted by atomic mass is 10.0. The molecule has 0 radical (unpaired) electrons. The Morgan fingerprint density at radius 2 is 1.71 bits per heavy atom. The number of nitrogens with one attached hydrogen (secondary N) is 3. The van der Waals surface area contributed by atoms with Crippen LogP contribution >= 0.6 is 0 Å². The van der Waals surface area contributed by atoms with Gasteiger partial charge in [0.2, 0.25) is 5.95 Å². The summed E-state index contributed by atoms with van der Waals surface area (Å²) in [6, 6.07) is 15.8. The maximum Gasteiger partial charge on any atom is 0.407 e. The third kappa shape index (κ3) is 10.9. The van der Waals surface area contributed by atoms with Crippen LogP contribution in [0.2, 0.25) is 0 Å². The minimum absolute atomic E-state index is 0.145. The molecule has 16 nitrogen and oxygen atoms in total. The lowest BCUT2D eigenvalue weighted by Gasteiger charge is -2.20. The number of aryl methyl sites for hydroxylation is 5. The molecule has 0 saturated carbocycles. The van der Waals surface area contributed by atoms with Crippen LogP contribution in [0.25, 0.3) is 11.0 Å². The van der Waals surface area contributed by atoms with Gasteiger partial charge in [-0.1, -0.05) is 31.5 Å². The van der Waals surface area contributed by atoms with Crippen LogP contribution in [0.5, 0.6) is 5.75 Å². The van der Waals surface area contributed by atoms with Crippen molar-refractivity contribution in [2.45, 2.75) is 112 Å². The number of benzene rings is 2. The smallest absolute Gasteiger partial charge is 0.407 e. The molecule has 3 heterocycles. The standard InChI is InChI=1S/C42H58N10O6/c1-8-29(4)58-42(56)43-23-12-14-24-50-35-18-15-17-34(49(6)27-31-19-21-32(57-7)22-20-31)37(35)44-41(50)46-45-39(53)36-26-28(3)47-52(36)25-13-10-11-16-33-30(5)48-51(9-2)38(33)40(54)55/h15,17-22,26,29H,8-14,16,23-25,27H2,1-7H3,(H,43,56)(H,44,46)(H,45,53)(H,54,55). The van der Waals surface area contributed by atoms with Crippen molar-refractivity contribution in [3.63, 3.8) is 0 Å². The van der Waals surface area contributed by atoms with Crippen molar-refractivity contribution in [1.82, 2.24) is 39.9 Å². The molecule has 16 heteroatoms. The highest BCUT2D eigenvalue weighted by Gasteiger charge is 2.21. The molecule has 0 fully saturated rings. The number of carbonyl (C=O) groups excluding carboxylic acids is 2. The number of anilines is 2. The summed E-state index contributed by atoms with van der Waals surface area (Å²) in [6.07, 6.45) is 4.60. The van der Waals surface area contributed by atoms with Crippen molar-refractivity contribution in [2.75, 3.05) is 31.0 Å². The van der Waals surface area contributed by atoms with Crippen LogP contribution in [0.1, 0.15) is 103 Å². The average molecular weight is 799 g/mol. The van der Waals surface area contributed by atoms with E-state index in [2.05, 4.69) is 31.3 Å². The molecule has 0 aliphatic heterocycles. The van der Waals surface area contributed by atoms with E-state index in [1.807, 2.05) is 88.7 Å². The van der Waals surface area contributed by atoms with Gasteiger partial charge < -0.3 is 29.4 Å². The second-order valence-electron chi connectivity index (χ2n) is 14.5. The van der Waals surface area contributed by atoms with Gasteiger partial charge in [-0.15, -0.1) is 0 Å². The molecular weight excluding hydrogens is 741 g/mol. The number of hydrogen-bond acceptors (Lipinski definition) is 10. The largest absolute Gasteiger partial charge is 0.497 e. The molecule has 58 heavy (non-hydrogen) atoms. The normalized spacial score (nSPS) is 11.7. The molecule has 0 bridgehead atoms. The van der Waals surface area contributed by atoms with Gasteiger partial charge in [-0.05, 0) is 102 Å². The number of alkyl carbamates (subject to hydrolysis) is 1. The molecule has 5 aromatic rings. The molecule has 3 aromatic heterocycles. The SMILES string of the molecule is CCC(C)OC(=O)NCCCCn1c(NNC(=O)c2cc(C)nn2CCCCCc2c(C)nn(CC)c2C(=O)O)nc2c(N(C)Cc3ccc(OC)cc3)cccc21. The van der Waals surface area contributed by atoms with E-state index in [4.69, 9.17) is 14.5 Å². The molecule has 312 valence electrons. The summed E-state index contributed by atoms with van der Waals surface area (Å²) in [5.41, 5.74) is 12.6. The summed E-state index contributed by atoms with van der Waals surface area (Å²) in [5, 5.41) is 21.6. The number of para-hydroxylation sites is 1. The first kappa shape index (κ1) is 43.1. The molecule has 4 N–H and O–H groups in total. The first-order valence-corrected chi connectivity index (χ1v) is 20.1. The lowest BCUT2D eigenvalue weighted by molar-refractivity contribution is 0.0681. The number of nitrogens with zero attached hydrogens (tertiary/aromatic N) is 7. The molecule has 1 unspecified atom stereocenters. The van der Waals surface area contributed by atoms with Crippen molar-refractivity contribution in [2.24, 2.45) is 0 Å². The van der Waals surface area contributed by atoms with Crippen LogP contribution < -0.4 is 25.8 Å². The van der Waals surface area contributed by atoms with Gasteiger partial charge in [-0.25, -0.2) is 14.6 Å². The molecule has 2 amide bonds. The number of rotatable bonds is 22. The van der Waals surface area contributed by atoms with Gasteiger partial charge in [-0.3, -0.25) is 25.0 Å². The van der Waals surface area contributed by atoms with Gasteiger partial charge in [0.15, 0.2) is 0 Å². The second kappa shape index (κ2) is 20.4. The fraction of sp³-hybridized carbons (Fsp3) is 0.476. The lowest BCUT2D eigenvalue weighted by Crippen LogP contribution is -2.32. The summed E-state index contributed by atoms with van der Waals surface area (Å²) in [6.45, 7) is 12.1. The number of hydrazine groups is 1. The van der Waals surface area contributed by atoms with E-state index >= 15 is 0 Å². The monoisotopic (exact) mass is 798 g/mol. The summed E-state index contributed by atoms with van der Waals surface area (Å²) in [7, 11) is 3.67. The van der Waals surface area contributed by atoms with Crippen molar-refractivity contribution in [3.05, 3.63) is 82.4 Å². The molecule has 5 rings (SSSR count). The number of methoxy groups -OCH3 is 1. The maximum absolute atomic E-state index is 13.7. The number of carboxylic acid groups (broad SMARTS) is 1. The van der Waals surface area contributed by atoms with Crippen LogP contribution in [0.15, 0.2) is 48.5 Å². The first-order chi connectivity index (χ1) is 27.9. The fourth-order valence-corrected chi connectivity index (χ4v) is 6.95. The van der Waals surface area contributed by atoms with E-state index in [1.54, 1.807) is 22.5 Å². The number of fused-ring (bicyclic) bond motifs is 1. The zero-order valence-corrected chi connectivity index (χ0v) is 34.8. The van der Waals surface area contributed by atoms with Gasteiger partial charge in [0.05, 0.1) is 29.7 Å². The van der Waals surface area contributed by atoms with Crippen molar-refractivity contribution in [3.8, 4) is 5.75 Å². The Morgan fingerprint density at radius 3 is 2.41 bits per heavy atom. The van der Waals surface area contributed by atoms with Gasteiger partial charge in [0.1, 0.15) is 28.8 Å². The fourth-order valence-electron chi connectivity index (χ4n) is 6.95. The Bertz CT molecular complexity index is 2160. The number of imidazole rings is 1. The van der Waals surface area contributed by atoms with Crippen LogP contribution in [0, 0.1) is 13.8 Å². The van der Waals surface area contributed by atoms with Gasteiger partial charge >= 0.3 is 12.1 Å². The van der Waals surface area contributed by atoms with E-state index in [0.29, 0.717) is 57.2 Å². The molecular formula is C42H58N10O6. The summed E-state index contributed by atoms with van der Waals surface area (Å²) >= 11 is 0. The van der Waals surface area contributed by atoms with E-state index in [-0.39, 0.29) is 17.7 Å². The quantitative estimate of drug-likeness (QED) is 0.0423. The van der Waals surface area contributed by atoms with E-state index in [1.165, 1.54) is 0 Å². The zero-order chi connectivity index (χ0) is 41.8. The topological polar surface area (TPSA) is 183 Å². The summed E-state index contributed by atoms with van der Waals surface area (Å²) in [5.74, 6) is -0.0438. The highest BCUT2D eigenvalue weighted by molar-refractivity contribution is 5.94. The number of carbonyl (C=O) groups is 3. The van der Waals surface area contributed by atoms with Crippen molar-refractivity contribution in [1.29, 1.82) is 0 Å². The Labute approximate surface area is 339 Å². The Morgan fingerprint density at radius 1 is 0.948 bits per heavy atom. The van der Waals surface area contributed by atoms with Crippen molar-refractivity contribution < 1.29 is 29.0 Å². The summed E-state index contributed by atoms with van der Waals surface area (Å²) in [4.78, 5) is 44.9. The highest BCUT2D eigenvalue weighted by Crippen LogP contribution is 2.30. The number of ether oxygens (including phenoxy) is 2. The minimum atomic E-state index is -0.963. The van der Waals surface area contributed by atoms with Gasteiger partial charge in [-0.2, -0.15) is 10.2 Å². The zero-order valence-electron chi connectivity index (χ0n) is 34.8. The average Bonchev–Trinajstić information content (AvgIpc) is 3.88. The molecule has 0 saturated heterocycles. The Balaban J connectivity index is 1.27. The van der Waals surface area contributed by atoms with Crippen LogP contribution in [0.4, 0.5) is 16.4 Å². The molecule has 1 atom stereocenters. The maximum atomic E-state index is 13.7. The second-order valence-corrected chi connectivity index (χ2v) is 14.5. The van der Waals surface area contributed by atoms with E-state index < -0.39 is 12.1 Å². The minimum Gasteiger partial charge on any atom is -0.497 e. The van der Waals surface area contributed by atoms with Crippen LogP contribution in [0.3, 0.4) is 0 Å². The Kier molecular flexibility index (Phi) is 15.1. The molecule has 0 aliphatic carbocycles. The molecule has 0 aliphatic rings. The number of unbranched alkanes of at least 4 members (excludes halogenated alkanes) is 3. The predicted octanol–water partition coefficient (Wildman–Crippen LogP) is 6.88. The predicted molar refractivity (Wildman–Crippen MR) is 224 cm³/mol. The number of hydrogen-bond donors (Lipinski definition) is 4. The molecule has 0 spiro atoms. The van der Waals surface area contributed by atoms with E-state index in [0.717, 1.165) is 77.1 Å². The van der Waals surface area contributed by atoms with Crippen molar-refractivity contribution >= 4 is 40.6 Å².